The highest BCUT2D eigenvalue weighted by atomic mass is 79.9. The van der Waals surface area contributed by atoms with Gasteiger partial charge in [-0.1, -0.05) is 17.4 Å². The van der Waals surface area contributed by atoms with Gasteiger partial charge in [0, 0.05) is 25.4 Å². The summed E-state index contributed by atoms with van der Waals surface area (Å²) in [5.41, 5.74) is 0.913. The van der Waals surface area contributed by atoms with Crippen LogP contribution in [0.5, 0.6) is 0 Å². The Bertz CT molecular complexity index is 792. The molecular weight excluding hydrogens is 397 g/mol. The van der Waals surface area contributed by atoms with Gasteiger partial charge in [-0.2, -0.15) is 0 Å². The lowest BCUT2D eigenvalue weighted by Gasteiger charge is -2.26. The number of anilines is 2. The molecule has 3 heterocycles. The molecule has 0 radical (unpaired) electrons. The molecular formula is C16H15BrFN3O2S. The number of nitrogens with zero attached hydrogens (tertiary/aromatic N) is 2. The van der Waals surface area contributed by atoms with Gasteiger partial charge in [0.25, 0.3) is 0 Å². The maximum atomic E-state index is 13.5. The van der Waals surface area contributed by atoms with E-state index in [1.165, 1.54) is 6.07 Å². The topological polar surface area (TPSA) is 54.5 Å². The fraction of sp³-hybridized carbons (Fsp3) is 0.375. The predicted molar refractivity (Wildman–Crippen MR) is 94.3 cm³/mol. The molecule has 0 bridgehead atoms. The normalized spacial score (nSPS) is 20.7. The third-order valence-corrected chi connectivity index (χ3v) is 6.07. The number of fused-ring (bicyclic) bond motifs is 1. The lowest BCUT2D eigenvalue weighted by atomic mass is 9.91. The molecule has 0 unspecified atom stereocenters. The Morgan fingerprint density at radius 2 is 2.17 bits per heavy atom. The number of hydrogen-bond acceptors (Lipinski definition) is 5. The van der Waals surface area contributed by atoms with E-state index in [-0.39, 0.29) is 17.6 Å². The van der Waals surface area contributed by atoms with E-state index in [2.05, 4.69) is 31.1 Å². The van der Waals surface area contributed by atoms with Crippen molar-refractivity contribution in [2.45, 2.75) is 12.3 Å². The summed E-state index contributed by atoms with van der Waals surface area (Å²) in [7, 11) is 0. The Morgan fingerprint density at radius 3 is 2.92 bits per heavy atom. The fourth-order valence-corrected chi connectivity index (χ4v) is 4.59. The predicted octanol–water partition coefficient (Wildman–Crippen LogP) is 3.36. The minimum Gasteiger partial charge on any atom is -0.378 e. The molecule has 1 amide bonds. The molecule has 0 saturated carbocycles. The number of thiazole rings is 1. The van der Waals surface area contributed by atoms with Crippen LogP contribution in [0.15, 0.2) is 22.7 Å². The molecule has 5 nitrogen and oxygen atoms in total. The first-order valence-corrected chi connectivity index (χ1v) is 9.31. The summed E-state index contributed by atoms with van der Waals surface area (Å²) in [4.78, 5) is 19.9. The number of rotatable bonds is 2. The molecule has 1 aromatic heterocycles. The van der Waals surface area contributed by atoms with Crippen molar-refractivity contribution in [3.63, 3.8) is 0 Å². The molecule has 2 aromatic rings. The Morgan fingerprint density at radius 1 is 1.38 bits per heavy atom. The molecule has 1 N–H and O–H groups in total. The van der Waals surface area contributed by atoms with Crippen molar-refractivity contribution in [2.75, 3.05) is 36.5 Å². The second kappa shape index (κ2) is 6.42. The van der Waals surface area contributed by atoms with Crippen LogP contribution in [0.25, 0.3) is 0 Å². The molecule has 8 heteroatoms. The van der Waals surface area contributed by atoms with Crippen molar-refractivity contribution in [2.24, 2.45) is 0 Å². The van der Waals surface area contributed by atoms with E-state index in [4.69, 9.17) is 4.74 Å². The van der Waals surface area contributed by atoms with Gasteiger partial charge in [-0.25, -0.2) is 9.37 Å². The fourth-order valence-electron chi connectivity index (χ4n) is 3.00. The van der Waals surface area contributed by atoms with Crippen LogP contribution in [-0.2, 0) is 9.53 Å². The third kappa shape index (κ3) is 2.94. The van der Waals surface area contributed by atoms with Gasteiger partial charge in [0.15, 0.2) is 5.13 Å². The summed E-state index contributed by atoms with van der Waals surface area (Å²) < 4.78 is 19.3. The van der Waals surface area contributed by atoms with Crippen LogP contribution in [-0.4, -0.2) is 37.2 Å². The lowest BCUT2D eigenvalue weighted by Crippen LogP contribution is -2.36. The van der Waals surface area contributed by atoms with Crippen LogP contribution in [0.3, 0.4) is 0 Å². The van der Waals surface area contributed by atoms with E-state index < -0.39 is 0 Å². The van der Waals surface area contributed by atoms with Crippen LogP contribution >= 0.6 is 27.3 Å². The second-order valence-electron chi connectivity index (χ2n) is 5.79. The number of carbonyl (C=O) groups excluding carboxylic acids is 1. The highest BCUT2D eigenvalue weighted by Crippen LogP contribution is 2.43. The van der Waals surface area contributed by atoms with Gasteiger partial charge in [0.1, 0.15) is 11.6 Å². The number of morpholine rings is 1. The van der Waals surface area contributed by atoms with E-state index in [1.807, 2.05) is 0 Å². The highest BCUT2D eigenvalue weighted by Gasteiger charge is 2.31. The Hall–Kier alpha value is -1.51. The molecule has 126 valence electrons. The van der Waals surface area contributed by atoms with Crippen molar-refractivity contribution < 1.29 is 13.9 Å². The van der Waals surface area contributed by atoms with E-state index in [1.54, 1.807) is 23.5 Å². The van der Waals surface area contributed by atoms with Gasteiger partial charge >= 0.3 is 0 Å². The van der Waals surface area contributed by atoms with Crippen LogP contribution < -0.4 is 10.2 Å². The summed E-state index contributed by atoms with van der Waals surface area (Å²) in [5.74, 6) is 0.158. The molecule has 4 rings (SSSR count). The largest absolute Gasteiger partial charge is 0.378 e. The molecule has 2 aliphatic rings. The van der Waals surface area contributed by atoms with Crippen molar-refractivity contribution in [3.05, 3.63) is 38.9 Å². The van der Waals surface area contributed by atoms with Crippen molar-refractivity contribution in [1.29, 1.82) is 0 Å². The van der Waals surface area contributed by atoms with E-state index in [0.717, 1.165) is 28.7 Å². The number of halogens is 2. The molecule has 24 heavy (non-hydrogen) atoms. The summed E-state index contributed by atoms with van der Waals surface area (Å²) in [5, 5.41) is 3.76. The zero-order valence-electron chi connectivity index (χ0n) is 12.7. The van der Waals surface area contributed by atoms with Gasteiger partial charge in [0.05, 0.1) is 22.6 Å². The van der Waals surface area contributed by atoms with Gasteiger partial charge in [-0.15, -0.1) is 0 Å². The van der Waals surface area contributed by atoms with E-state index >= 15 is 0 Å². The highest BCUT2D eigenvalue weighted by molar-refractivity contribution is 9.10. The number of carbonyl (C=O) groups is 1. The summed E-state index contributed by atoms with van der Waals surface area (Å²) in [6, 6.07) is 4.91. The first-order chi connectivity index (χ1) is 11.6. The number of amides is 1. The zero-order chi connectivity index (χ0) is 16.7. The monoisotopic (exact) mass is 411 g/mol. The van der Waals surface area contributed by atoms with Gasteiger partial charge in [-0.05, 0) is 33.6 Å². The maximum absolute atomic E-state index is 13.5. The van der Waals surface area contributed by atoms with E-state index in [0.29, 0.717) is 29.9 Å². The van der Waals surface area contributed by atoms with Crippen molar-refractivity contribution >= 4 is 44.1 Å². The molecule has 1 saturated heterocycles. The molecule has 2 aliphatic heterocycles. The third-order valence-electron chi connectivity index (χ3n) is 4.23. The number of hydrogen-bond donors (Lipinski definition) is 1. The smallest absolute Gasteiger partial charge is 0.226 e. The Balaban J connectivity index is 1.71. The van der Waals surface area contributed by atoms with Gasteiger partial charge in [-0.3, -0.25) is 4.79 Å². The quantitative estimate of drug-likeness (QED) is 0.822. The van der Waals surface area contributed by atoms with Crippen molar-refractivity contribution in [1.82, 2.24) is 4.98 Å². The summed E-state index contributed by atoms with van der Waals surface area (Å²) in [6.07, 6.45) is 0.343. The van der Waals surface area contributed by atoms with Crippen LogP contribution in [0.2, 0.25) is 0 Å². The lowest BCUT2D eigenvalue weighted by molar-refractivity contribution is -0.116. The van der Waals surface area contributed by atoms with Crippen LogP contribution in [0.4, 0.5) is 15.3 Å². The van der Waals surface area contributed by atoms with E-state index in [9.17, 15) is 9.18 Å². The molecule has 0 aliphatic carbocycles. The minimum absolute atomic E-state index is 0.0632. The average Bonchev–Trinajstić information content (AvgIpc) is 3.01. The average molecular weight is 412 g/mol. The minimum atomic E-state index is -0.308. The SMILES string of the molecule is O=C1C[C@@H](c2ccc(F)c(Br)c2)c2sc(N3CCOCC3)nc2N1. The zero-order valence-corrected chi connectivity index (χ0v) is 15.1. The molecule has 0 spiro atoms. The Kier molecular flexibility index (Phi) is 4.28. The first-order valence-electron chi connectivity index (χ1n) is 7.70. The number of ether oxygens (including phenoxy) is 1. The molecule has 1 aromatic carbocycles. The standard InChI is InChI=1S/C16H15BrFN3O2S/c17-11-7-9(1-2-12(11)18)10-8-13(22)19-15-14(10)24-16(20-15)21-3-5-23-6-4-21/h1-2,7,10H,3-6,8H2,(H,19,22)/t10-/m0/s1. The number of benzene rings is 1. The molecule has 1 atom stereocenters. The number of aromatic nitrogens is 1. The summed E-state index contributed by atoms with van der Waals surface area (Å²) >= 11 is 4.82. The second-order valence-corrected chi connectivity index (χ2v) is 7.65. The summed E-state index contributed by atoms with van der Waals surface area (Å²) in [6.45, 7) is 2.97. The first kappa shape index (κ1) is 16.0. The van der Waals surface area contributed by atoms with Crippen LogP contribution in [0, 0.1) is 5.82 Å². The molecule has 1 fully saturated rings. The Labute approximate surface area is 151 Å². The van der Waals surface area contributed by atoms with Gasteiger partial charge in [0.2, 0.25) is 5.91 Å². The maximum Gasteiger partial charge on any atom is 0.226 e. The van der Waals surface area contributed by atoms with Gasteiger partial charge < -0.3 is 15.0 Å². The van der Waals surface area contributed by atoms with Crippen LogP contribution in [0.1, 0.15) is 22.8 Å². The number of nitrogens with one attached hydrogen (secondary N) is 1. The van der Waals surface area contributed by atoms with Crippen molar-refractivity contribution in [3.8, 4) is 0 Å².